The molecule has 0 aromatic rings. The van der Waals surface area contributed by atoms with Gasteiger partial charge in [0, 0.05) is 31.6 Å². The van der Waals surface area contributed by atoms with Crippen LogP contribution in [0.4, 0.5) is 0 Å². The van der Waals surface area contributed by atoms with Crippen LogP contribution in [0.3, 0.4) is 0 Å². The van der Waals surface area contributed by atoms with Crippen LogP contribution in [0.5, 0.6) is 0 Å². The molecule has 1 aliphatic heterocycles. The molecule has 5 aliphatic carbocycles. The van der Waals surface area contributed by atoms with Crippen LogP contribution in [0.2, 0.25) is 0 Å². The van der Waals surface area contributed by atoms with Crippen molar-refractivity contribution in [2.45, 2.75) is 156 Å². The number of aliphatic hydroxyl groups is 3. The van der Waals surface area contributed by atoms with Crippen LogP contribution in [0, 0.1) is 50.7 Å². The van der Waals surface area contributed by atoms with Gasteiger partial charge in [0.25, 0.3) is 0 Å². The van der Waals surface area contributed by atoms with Crippen LogP contribution >= 0.6 is 0 Å². The van der Waals surface area contributed by atoms with Gasteiger partial charge in [-0.25, -0.2) is 0 Å². The predicted octanol–water partition coefficient (Wildman–Crippen LogP) is 4.87. The van der Waals surface area contributed by atoms with Gasteiger partial charge >= 0.3 is 17.9 Å². The first-order valence-corrected chi connectivity index (χ1v) is 19.2. The van der Waals surface area contributed by atoms with Crippen molar-refractivity contribution in [1.29, 1.82) is 0 Å². The lowest BCUT2D eigenvalue weighted by molar-refractivity contribution is -0.305. The number of hydrogen-bond donors (Lipinski definition) is 3. The smallest absolute Gasteiger partial charge is 0.311 e. The Bertz CT molecular complexity index is 1410. The Hall–Kier alpha value is -2.05. The van der Waals surface area contributed by atoms with Crippen LogP contribution in [0.25, 0.3) is 0 Å². The molecule has 16 unspecified atom stereocenters. The van der Waals surface area contributed by atoms with Crippen molar-refractivity contribution >= 4 is 17.9 Å². The number of carbonyl (C=O) groups is 3. The van der Waals surface area contributed by atoms with Gasteiger partial charge in [-0.05, 0) is 99.2 Å². The maximum Gasteiger partial charge on any atom is 0.311 e. The third-order valence-electron chi connectivity index (χ3n) is 15.8. The van der Waals surface area contributed by atoms with Crippen molar-refractivity contribution in [3.63, 3.8) is 0 Å². The zero-order valence-corrected chi connectivity index (χ0v) is 32.1. The number of carbonyl (C=O) groups excluding carboxylic acids is 3. The second-order valence-corrected chi connectivity index (χ2v) is 18.3. The Labute approximate surface area is 303 Å². The normalized spacial score (nSPS) is 50.7. The first-order valence-electron chi connectivity index (χ1n) is 19.2. The van der Waals surface area contributed by atoms with E-state index in [2.05, 4.69) is 40.7 Å². The fraction of sp³-hybridized carbons (Fsp3) is 0.875. The number of aliphatic hydroxyl groups excluding tert-OH is 3. The minimum absolute atomic E-state index is 0.0646. The number of methoxy groups -OCH3 is 1. The molecule has 51 heavy (non-hydrogen) atoms. The van der Waals surface area contributed by atoms with Gasteiger partial charge in [-0.1, -0.05) is 39.3 Å². The summed E-state index contributed by atoms with van der Waals surface area (Å²) in [5, 5.41) is 33.9. The zero-order chi connectivity index (χ0) is 37.5. The summed E-state index contributed by atoms with van der Waals surface area (Å²) in [5.74, 6) is -1.09. The minimum Gasteiger partial charge on any atom is -0.469 e. The molecule has 6 rings (SSSR count). The first kappa shape index (κ1) is 38.7. The van der Waals surface area contributed by atoms with Crippen molar-refractivity contribution in [3.05, 3.63) is 11.6 Å². The molecular formula is C40H62O11. The molecule has 0 aromatic heterocycles. The van der Waals surface area contributed by atoms with E-state index in [0.717, 1.165) is 51.4 Å². The Morgan fingerprint density at radius 3 is 2.24 bits per heavy atom. The van der Waals surface area contributed by atoms with Gasteiger partial charge in [0.05, 0.1) is 31.3 Å². The van der Waals surface area contributed by atoms with E-state index in [1.54, 1.807) is 6.92 Å². The van der Waals surface area contributed by atoms with Gasteiger partial charge in [-0.2, -0.15) is 0 Å². The van der Waals surface area contributed by atoms with Crippen molar-refractivity contribution in [1.82, 2.24) is 0 Å². The molecule has 288 valence electrons. The molecule has 0 radical (unpaired) electrons. The second kappa shape index (κ2) is 13.4. The summed E-state index contributed by atoms with van der Waals surface area (Å²) in [6, 6.07) is 0. The molecule has 6 aliphatic rings. The fourth-order valence-corrected chi connectivity index (χ4v) is 12.4. The lowest BCUT2D eigenvalue weighted by atomic mass is 9.34. The van der Waals surface area contributed by atoms with Gasteiger partial charge < -0.3 is 39.0 Å². The first-order chi connectivity index (χ1) is 23.8. The molecule has 4 saturated carbocycles. The van der Waals surface area contributed by atoms with E-state index in [-0.39, 0.29) is 58.9 Å². The largest absolute Gasteiger partial charge is 0.469 e. The highest BCUT2D eigenvalue weighted by atomic mass is 16.7. The molecule has 11 heteroatoms. The number of esters is 3. The van der Waals surface area contributed by atoms with E-state index in [0.29, 0.717) is 0 Å². The Morgan fingerprint density at radius 1 is 0.922 bits per heavy atom. The quantitative estimate of drug-likeness (QED) is 0.196. The van der Waals surface area contributed by atoms with Crippen LogP contribution in [-0.2, 0) is 38.1 Å². The summed E-state index contributed by atoms with van der Waals surface area (Å²) in [7, 11) is 1.49. The molecule has 5 fully saturated rings. The van der Waals surface area contributed by atoms with E-state index in [9.17, 15) is 29.7 Å². The molecule has 3 N–H and O–H groups in total. The summed E-state index contributed by atoms with van der Waals surface area (Å²) < 4.78 is 28.6. The summed E-state index contributed by atoms with van der Waals surface area (Å²) in [5.41, 5.74) is 0.321. The monoisotopic (exact) mass is 718 g/mol. The Kier molecular flexibility index (Phi) is 10.1. The van der Waals surface area contributed by atoms with Crippen LogP contribution in [0.1, 0.15) is 113 Å². The number of rotatable bonds is 6. The van der Waals surface area contributed by atoms with Crippen molar-refractivity contribution < 1.29 is 53.4 Å². The maximum atomic E-state index is 13.1. The number of fused-ring (bicyclic) bond motifs is 7. The topological polar surface area (TPSA) is 158 Å². The lowest BCUT2D eigenvalue weighted by Gasteiger charge is -2.71. The number of ether oxygens (including phenoxy) is 5. The van der Waals surface area contributed by atoms with E-state index in [1.807, 2.05) is 0 Å². The van der Waals surface area contributed by atoms with Gasteiger partial charge in [0.15, 0.2) is 12.4 Å². The zero-order valence-electron chi connectivity index (χ0n) is 32.1. The highest BCUT2D eigenvalue weighted by molar-refractivity contribution is 5.76. The molecule has 0 aromatic carbocycles. The van der Waals surface area contributed by atoms with E-state index >= 15 is 0 Å². The third-order valence-corrected chi connectivity index (χ3v) is 15.8. The lowest BCUT2D eigenvalue weighted by Crippen LogP contribution is -2.67. The molecular weight excluding hydrogens is 656 g/mol. The molecule has 0 spiro atoms. The van der Waals surface area contributed by atoms with Gasteiger partial charge in [-0.3, -0.25) is 14.4 Å². The number of hydrogen-bond acceptors (Lipinski definition) is 11. The van der Waals surface area contributed by atoms with Crippen molar-refractivity contribution in [2.24, 2.45) is 50.7 Å². The van der Waals surface area contributed by atoms with Gasteiger partial charge in [0.2, 0.25) is 0 Å². The SMILES string of the molecule is COC(=O)C1(C)CCC2(C)CCC3(C)C(=CCC4C5(C)C(O)CC(OC(C)=O)C(COC6OC(C)C(OC(C)=O)C(O)C6O)C5CCC43C)C2C1. The molecule has 11 nitrogen and oxygen atoms in total. The molecule has 0 amide bonds. The minimum atomic E-state index is -1.47. The summed E-state index contributed by atoms with van der Waals surface area (Å²) >= 11 is 0. The van der Waals surface area contributed by atoms with Gasteiger partial charge in [-0.15, -0.1) is 0 Å². The average Bonchev–Trinajstić information content (AvgIpc) is 3.06. The van der Waals surface area contributed by atoms with Crippen molar-refractivity contribution in [2.75, 3.05) is 13.7 Å². The van der Waals surface area contributed by atoms with Crippen LogP contribution in [0.15, 0.2) is 11.6 Å². The third kappa shape index (κ3) is 6.00. The Balaban J connectivity index is 1.30. The summed E-state index contributed by atoms with van der Waals surface area (Å²) in [4.78, 5) is 37.0. The molecule has 16 atom stereocenters. The fourth-order valence-electron chi connectivity index (χ4n) is 12.4. The van der Waals surface area contributed by atoms with Crippen LogP contribution in [-0.4, -0.2) is 89.9 Å². The predicted molar refractivity (Wildman–Crippen MR) is 186 cm³/mol. The maximum absolute atomic E-state index is 13.1. The summed E-state index contributed by atoms with van der Waals surface area (Å²) in [6.45, 7) is 15.9. The van der Waals surface area contributed by atoms with Crippen LogP contribution < -0.4 is 0 Å². The highest BCUT2D eigenvalue weighted by Crippen LogP contribution is 2.75. The Morgan fingerprint density at radius 2 is 1.59 bits per heavy atom. The van der Waals surface area contributed by atoms with E-state index in [4.69, 9.17) is 23.7 Å². The second-order valence-electron chi connectivity index (χ2n) is 18.3. The number of allylic oxidation sites excluding steroid dienone is 2. The molecule has 1 heterocycles. The molecule has 1 saturated heterocycles. The average molecular weight is 719 g/mol. The van der Waals surface area contributed by atoms with E-state index < -0.39 is 65.7 Å². The standard InChI is InChI=1S/C40H62O11/c1-21-33(51-23(3)42)31(44)32(45)34(49-21)48-20-24-25-12-13-39(7)29(40(25,8)30(43)18-28(24)50-22(2)41)11-10-26-27-19-37(5,35(46)47-9)15-14-36(27,4)16-17-38(26,39)6/h10,21,24-25,27-34,43-45H,11-20H2,1-9H3. The summed E-state index contributed by atoms with van der Waals surface area (Å²) in [6.07, 6.45) is 2.86. The highest BCUT2D eigenvalue weighted by Gasteiger charge is 2.69. The molecule has 0 bridgehead atoms. The van der Waals surface area contributed by atoms with Crippen molar-refractivity contribution in [3.8, 4) is 0 Å². The van der Waals surface area contributed by atoms with E-state index in [1.165, 1.54) is 26.5 Å². The van der Waals surface area contributed by atoms with Gasteiger partial charge in [0.1, 0.15) is 18.3 Å².